The summed E-state index contributed by atoms with van der Waals surface area (Å²) in [6.07, 6.45) is 3.25. The molecule has 6 nitrogen and oxygen atoms in total. The van der Waals surface area contributed by atoms with Crippen molar-refractivity contribution in [3.05, 3.63) is 0 Å². The number of hydrogen-bond donors (Lipinski definition) is 1. The molecule has 2 atom stereocenters. The number of carbonyl (C=O) groups is 2. The summed E-state index contributed by atoms with van der Waals surface area (Å²) in [5, 5.41) is 7.80. The van der Waals surface area contributed by atoms with Gasteiger partial charge in [-0.25, -0.2) is 0 Å². The molecule has 0 aliphatic heterocycles. The molecule has 0 radical (unpaired) electrons. The maximum Gasteiger partial charge on any atom is 0.326 e. The maximum absolute atomic E-state index is 11.6. The van der Waals surface area contributed by atoms with E-state index in [4.69, 9.17) is 5.11 Å². The predicted octanol–water partition coefficient (Wildman–Crippen LogP) is 1.54. The summed E-state index contributed by atoms with van der Waals surface area (Å²) in [5.74, 6) is -0.0621. The van der Waals surface area contributed by atoms with Gasteiger partial charge in [-0.05, 0) is 24.2 Å². The van der Waals surface area contributed by atoms with E-state index in [1.807, 2.05) is 0 Å². The maximum atomic E-state index is 11.6. The largest absolute Gasteiger partial charge is 0.480 e. The Bertz CT molecular complexity index is 514. The first-order valence-electron chi connectivity index (χ1n) is 6.13. The number of carboxylic acids is 1. The van der Waals surface area contributed by atoms with Crippen LogP contribution in [0.3, 0.4) is 0 Å². The molecule has 0 heterocycles. The van der Waals surface area contributed by atoms with Crippen LogP contribution >= 0.6 is 0 Å². The molecule has 2 saturated carbocycles. The number of carbonyl (C=O) groups excluding carboxylic acids is 1. The van der Waals surface area contributed by atoms with Crippen LogP contribution < -0.4 is 0 Å². The Kier molecular flexibility index (Phi) is 4.50. The Morgan fingerprint density at radius 3 is 2.16 bits per heavy atom. The van der Waals surface area contributed by atoms with Crippen molar-refractivity contribution in [2.45, 2.75) is 40.0 Å². The number of ketones is 1. The van der Waals surface area contributed by atoms with Crippen molar-refractivity contribution in [2.75, 3.05) is 6.54 Å². The lowest BCUT2D eigenvalue weighted by molar-refractivity contribution is -0.135. The monoisotopic (exact) mass is 289 g/mol. The van der Waals surface area contributed by atoms with Crippen molar-refractivity contribution < 1.29 is 23.1 Å². The van der Waals surface area contributed by atoms with Gasteiger partial charge >= 0.3 is 16.5 Å². The zero-order valence-corrected chi connectivity index (χ0v) is 12.2. The van der Waals surface area contributed by atoms with Crippen molar-refractivity contribution >= 4 is 22.3 Å². The molecule has 2 fully saturated rings. The Labute approximate surface area is 113 Å². The second-order valence-corrected chi connectivity index (χ2v) is 6.51. The first kappa shape index (κ1) is 15.8. The summed E-state index contributed by atoms with van der Waals surface area (Å²) in [6.45, 7) is 5.99. The fourth-order valence-electron chi connectivity index (χ4n) is 3.01. The lowest BCUT2D eigenvalue weighted by Crippen LogP contribution is -2.32. The summed E-state index contributed by atoms with van der Waals surface area (Å²) < 4.78 is 21.6. The third kappa shape index (κ3) is 3.02. The summed E-state index contributed by atoms with van der Waals surface area (Å²) in [5.41, 5.74) is 0.307. The van der Waals surface area contributed by atoms with Gasteiger partial charge in [-0.3, -0.25) is 9.59 Å². The van der Waals surface area contributed by atoms with E-state index in [9.17, 15) is 18.0 Å². The van der Waals surface area contributed by atoms with Crippen LogP contribution in [0.15, 0.2) is 4.36 Å². The van der Waals surface area contributed by atoms with Crippen LogP contribution in [0.4, 0.5) is 0 Å². The van der Waals surface area contributed by atoms with Crippen LogP contribution in [0, 0.1) is 16.7 Å². The van der Waals surface area contributed by atoms with Gasteiger partial charge in [0.25, 0.3) is 0 Å². The second-order valence-electron chi connectivity index (χ2n) is 5.81. The van der Waals surface area contributed by atoms with E-state index in [1.54, 1.807) is 0 Å². The minimum absolute atomic E-state index is 0.0255. The van der Waals surface area contributed by atoms with Gasteiger partial charge in [0, 0.05) is 11.8 Å². The quantitative estimate of drug-likeness (QED) is 0.830. The van der Waals surface area contributed by atoms with E-state index < -0.39 is 23.0 Å². The first-order chi connectivity index (χ1) is 8.61. The third-order valence-corrected chi connectivity index (χ3v) is 5.13. The summed E-state index contributed by atoms with van der Waals surface area (Å²) in [6, 6.07) is 0. The molecule has 2 aliphatic carbocycles. The number of nitrogens with zero attached hydrogens (tertiary/aromatic N) is 1. The van der Waals surface area contributed by atoms with E-state index in [-0.39, 0.29) is 10.8 Å². The molecular weight excluding hydrogens is 270 g/mol. The van der Waals surface area contributed by atoms with E-state index in [1.165, 1.54) is 6.42 Å². The van der Waals surface area contributed by atoms with Crippen LogP contribution in [-0.2, 0) is 20.1 Å². The van der Waals surface area contributed by atoms with Crippen LogP contribution in [0.2, 0.25) is 0 Å². The van der Waals surface area contributed by atoms with Crippen molar-refractivity contribution in [3.8, 4) is 0 Å². The normalized spacial score (nSPS) is 30.5. The van der Waals surface area contributed by atoms with Gasteiger partial charge in [-0.1, -0.05) is 20.8 Å². The Hall–Kier alpha value is -1.24. The number of fused-ring (bicyclic) bond motifs is 2. The number of rotatable bonds is 2. The lowest BCUT2D eigenvalue weighted by atomic mass is 9.70. The van der Waals surface area contributed by atoms with Crippen LogP contribution in [-0.4, -0.2) is 31.8 Å². The number of aliphatic carboxylic acids is 1. The molecule has 0 saturated heterocycles. The highest BCUT2D eigenvalue weighted by Gasteiger charge is 2.61. The van der Waals surface area contributed by atoms with Crippen molar-refractivity contribution in [3.63, 3.8) is 0 Å². The highest BCUT2D eigenvalue weighted by molar-refractivity contribution is 7.61. The van der Waals surface area contributed by atoms with Crippen LogP contribution in [0.1, 0.15) is 40.0 Å². The number of Topliss-reactive ketones (excluding diaryl/α,β-unsaturated/α-hetero) is 1. The standard InChI is InChI=1S/C10H16O.C2H3NO4S/c1-9(2)7-4-5-10(9,3)8(11)6-7;4-2(5)1-3-8(6)7/h7H,4-6H2,1-3H3;1H2,(H,4,5). The molecule has 2 bridgehead atoms. The fraction of sp³-hybridized carbons (Fsp3) is 0.833. The average Bonchev–Trinajstić information content (AvgIpc) is 2.60. The van der Waals surface area contributed by atoms with Crippen LogP contribution in [0.25, 0.3) is 0 Å². The zero-order chi connectivity index (χ0) is 14.8. The molecule has 1 N–H and O–H groups in total. The number of carboxylic acid groups (broad SMARTS) is 1. The highest BCUT2D eigenvalue weighted by atomic mass is 32.2. The fourth-order valence-corrected chi connectivity index (χ4v) is 3.23. The zero-order valence-electron chi connectivity index (χ0n) is 11.3. The van der Waals surface area contributed by atoms with Crippen LogP contribution in [0.5, 0.6) is 0 Å². The Balaban J connectivity index is 0.000000203. The summed E-state index contributed by atoms with van der Waals surface area (Å²) in [4.78, 5) is 21.1. The molecule has 2 rings (SSSR count). The molecule has 0 aromatic rings. The average molecular weight is 289 g/mol. The topological polar surface area (TPSA) is 101 Å². The minimum atomic E-state index is -2.59. The van der Waals surface area contributed by atoms with Gasteiger partial charge in [0.15, 0.2) is 6.54 Å². The first-order valence-corrected chi connectivity index (χ1v) is 7.16. The Morgan fingerprint density at radius 1 is 1.42 bits per heavy atom. The van der Waals surface area contributed by atoms with Gasteiger partial charge in [0.05, 0.1) is 0 Å². The van der Waals surface area contributed by atoms with E-state index in [0.717, 1.165) is 12.8 Å². The van der Waals surface area contributed by atoms with Gasteiger partial charge in [0.1, 0.15) is 5.78 Å². The number of hydrogen-bond acceptors (Lipinski definition) is 5. The van der Waals surface area contributed by atoms with E-state index in [0.29, 0.717) is 11.7 Å². The van der Waals surface area contributed by atoms with Gasteiger partial charge in [0.2, 0.25) is 0 Å². The van der Waals surface area contributed by atoms with Crippen molar-refractivity contribution in [2.24, 2.45) is 21.1 Å². The molecule has 2 aliphatic rings. The van der Waals surface area contributed by atoms with Gasteiger partial charge in [-0.2, -0.15) is 12.8 Å². The van der Waals surface area contributed by atoms with Crippen molar-refractivity contribution in [1.82, 2.24) is 0 Å². The van der Waals surface area contributed by atoms with E-state index in [2.05, 4.69) is 25.1 Å². The molecule has 0 aromatic heterocycles. The summed E-state index contributed by atoms with van der Waals surface area (Å²) >= 11 is 0. The second kappa shape index (κ2) is 5.40. The molecule has 2 unspecified atom stereocenters. The molecular formula is C12H19NO5S. The molecule has 0 amide bonds. The highest BCUT2D eigenvalue weighted by Crippen LogP contribution is 2.63. The molecule has 0 aromatic carbocycles. The Morgan fingerprint density at radius 2 is 2.00 bits per heavy atom. The smallest absolute Gasteiger partial charge is 0.326 e. The predicted molar refractivity (Wildman–Crippen MR) is 68.1 cm³/mol. The van der Waals surface area contributed by atoms with Gasteiger partial charge < -0.3 is 5.11 Å². The summed E-state index contributed by atoms with van der Waals surface area (Å²) in [7, 11) is -2.59. The minimum Gasteiger partial charge on any atom is -0.480 e. The lowest BCUT2D eigenvalue weighted by Gasteiger charge is -2.32. The SMILES string of the molecule is CC12CCC(CC1=O)C2(C)C.O=C(O)CN=S(=O)=O. The van der Waals surface area contributed by atoms with Gasteiger partial charge in [-0.15, -0.1) is 0 Å². The molecule has 7 heteroatoms. The molecule has 108 valence electrons. The third-order valence-electron chi connectivity index (χ3n) is 4.79. The molecule has 0 spiro atoms. The molecule has 19 heavy (non-hydrogen) atoms. The van der Waals surface area contributed by atoms with Crippen molar-refractivity contribution in [1.29, 1.82) is 0 Å². The van der Waals surface area contributed by atoms with E-state index >= 15 is 0 Å².